The summed E-state index contributed by atoms with van der Waals surface area (Å²) < 4.78 is 60.1. The normalized spacial score (nSPS) is 12.1. The highest BCUT2D eigenvalue weighted by molar-refractivity contribution is 7.92. The number of aromatic nitrogens is 1. The van der Waals surface area contributed by atoms with Gasteiger partial charge in [-0.15, -0.1) is 11.3 Å². The van der Waals surface area contributed by atoms with Gasteiger partial charge in [-0.3, -0.25) is 4.72 Å². The van der Waals surface area contributed by atoms with Crippen LogP contribution >= 0.6 is 11.3 Å². The number of fused-ring (bicyclic) bond motifs is 1. The van der Waals surface area contributed by atoms with Gasteiger partial charge in [-0.25, -0.2) is 13.4 Å². The van der Waals surface area contributed by atoms with Crippen LogP contribution in [0.5, 0.6) is 5.75 Å². The molecule has 31 heavy (non-hydrogen) atoms. The van der Waals surface area contributed by atoms with Gasteiger partial charge in [0.25, 0.3) is 10.0 Å². The van der Waals surface area contributed by atoms with Crippen molar-refractivity contribution in [2.24, 2.45) is 0 Å². The van der Waals surface area contributed by atoms with E-state index in [0.717, 1.165) is 26.4 Å². The first kappa shape index (κ1) is 21.2. The van der Waals surface area contributed by atoms with Crippen LogP contribution < -0.4 is 9.46 Å². The van der Waals surface area contributed by atoms with Gasteiger partial charge < -0.3 is 4.74 Å². The van der Waals surface area contributed by atoms with Crippen LogP contribution in [0.3, 0.4) is 0 Å². The van der Waals surface area contributed by atoms with E-state index in [1.807, 2.05) is 19.1 Å². The molecule has 0 spiro atoms. The van der Waals surface area contributed by atoms with E-state index in [9.17, 15) is 17.2 Å². The minimum Gasteiger partial charge on any atom is -0.431 e. The lowest BCUT2D eigenvalue weighted by molar-refractivity contribution is -0.160. The van der Waals surface area contributed by atoms with E-state index >= 15 is 0 Å². The number of nitrogens with zero attached hydrogens (tertiary/aromatic N) is 1. The first-order chi connectivity index (χ1) is 14.6. The van der Waals surface area contributed by atoms with Gasteiger partial charge in [0.2, 0.25) is 0 Å². The van der Waals surface area contributed by atoms with Crippen LogP contribution in [-0.4, -0.2) is 19.5 Å². The fourth-order valence-corrected chi connectivity index (χ4v) is 5.25. The quantitative estimate of drug-likeness (QED) is 0.380. The summed E-state index contributed by atoms with van der Waals surface area (Å²) in [5.41, 5.74) is 3.19. The van der Waals surface area contributed by atoms with Crippen LogP contribution in [0, 0.1) is 6.92 Å². The smallest absolute Gasteiger partial charge is 0.394 e. The van der Waals surface area contributed by atoms with Crippen LogP contribution in [0.4, 0.5) is 14.5 Å². The van der Waals surface area contributed by atoms with Crippen molar-refractivity contribution in [1.82, 2.24) is 4.98 Å². The summed E-state index contributed by atoms with van der Waals surface area (Å²) in [6.45, 7) is 2.57. The molecule has 0 amide bonds. The average molecular weight is 461 g/mol. The number of hydrogen-bond acceptors (Lipinski definition) is 5. The van der Waals surface area contributed by atoms with Crippen LogP contribution in [0.25, 0.3) is 20.8 Å². The van der Waals surface area contributed by atoms with Gasteiger partial charge in [0, 0.05) is 18.2 Å². The van der Waals surface area contributed by atoms with E-state index in [1.54, 1.807) is 35.6 Å². The molecule has 0 aliphatic rings. The third kappa shape index (κ3) is 4.83. The van der Waals surface area contributed by atoms with E-state index in [0.29, 0.717) is 12.6 Å². The molecule has 0 aliphatic heterocycles. The van der Waals surface area contributed by atoms with Crippen LogP contribution in [0.2, 0.25) is 0 Å². The molecule has 0 saturated heterocycles. The molecule has 0 unspecified atom stereocenters. The fraction of sp³-hybridized carbons (Fsp3) is 0.136. The standard InChI is InChI=1S/C22H18F2N2O3S2/c1-14-7-12-17-19(13-14)30-21(25-17)15-8-10-16(11-9-15)26-31(27,28)20-6-4-3-5-18(20)29-22(2,23)24/h3-13,26H,1-2H3. The molecule has 0 saturated carbocycles. The molecule has 0 fully saturated rings. The minimum atomic E-state index is -4.14. The predicted molar refractivity (Wildman–Crippen MR) is 118 cm³/mol. The highest BCUT2D eigenvalue weighted by atomic mass is 32.2. The lowest BCUT2D eigenvalue weighted by Crippen LogP contribution is -2.22. The van der Waals surface area contributed by atoms with Gasteiger partial charge in [0.05, 0.1) is 10.2 Å². The highest BCUT2D eigenvalue weighted by Crippen LogP contribution is 2.33. The molecule has 5 nitrogen and oxygen atoms in total. The van der Waals surface area contributed by atoms with Crippen LogP contribution in [0.1, 0.15) is 12.5 Å². The van der Waals surface area contributed by atoms with Crippen LogP contribution in [-0.2, 0) is 10.0 Å². The number of anilines is 1. The molecular weight excluding hydrogens is 442 g/mol. The number of thiazole rings is 1. The van der Waals surface area contributed by atoms with Gasteiger partial charge in [-0.1, -0.05) is 18.2 Å². The Balaban J connectivity index is 1.59. The lowest BCUT2D eigenvalue weighted by atomic mass is 10.2. The van der Waals surface area contributed by atoms with Gasteiger partial charge in [0.1, 0.15) is 15.7 Å². The third-order valence-corrected chi connectivity index (χ3v) is 6.84. The zero-order valence-corrected chi connectivity index (χ0v) is 18.2. The second-order valence-electron chi connectivity index (χ2n) is 7.03. The van der Waals surface area contributed by atoms with Gasteiger partial charge in [0.15, 0.2) is 0 Å². The maximum absolute atomic E-state index is 13.3. The highest BCUT2D eigenvalue weighted by Gasteiger charge is 2.28. The summed E-state index contributed by atoms with van der Waals surface area (Å²) in [5.74, 6) is -0.427. The second kappa shape index (κ2) is 7.90. The van der Waals surface area contributed by atoms with Gasteiger partial charge in [-0.05, 0) is 61.0 Å². The Bertz CT molecular complexity index is 1350. The number of benzene rings is 3. The van der Waals surface area contributed by atoms with Crippen molar-refractivity contribution in [3.05, 3.63) is 72.3 Å². The fourth-order valence-electron chi connectivity index (χ4n) is 3.00. The van der Waals surface area contributed by atoms with E-state index in [1.165, 1.54) is 24.3 Å². The topological polar surface area (TPSA) is 68.3 Å². The predicted octanol–water partition coefficient (Wildman–Crippen LogP) is 6.06. The molecule has 1 N–H and O–H groups in total. The molecule has 4 aromatic rings. The van der Waals surface area contributed by atoms with Gasteiger partial charge in [-0.2, -0.15) is 8.78 Å². The minimum absolute atomic E-state index is 0.291. The number of ether oxygens (including phenoxy) is 1. The Kier molecular flexibility index (Phi) is 5.40. The molecule has 3 aromatic carbocycles. The number of rotatable bonds is 6. The lowest BCUT2D eigenvalue weighted by Gasteiger charge is -2.17. The Hall–Kier alpha value is -3.04. The maximum atomic E-state index is 13.3. The van der Waals surface area contributed by atoms with Crippen molar-refractivity contribution < 1.29 is 21.9 Å². The SMILES string of the molecule is Cc1ccc2nc(-c3ccc(NS(=O)(=O)c4ccccc4OC(C)(F)F)cc3)sc2c1. The number of nitrogens with one attached hydrogen (secondary N) is 1. The number of alkyl halides is 2. The van der Waals surface area contributed by atoms with Crippen molar-refractivity contribution in [1.29, 1.82) is 0 Å². The van der Waals surface area contributed by atoms with Crippen molar-refractivity contribution in [2.75, 3.05) is 4.72 Å². The average Bonchev–Trinajstić information content (AvgIpc) is 3.10. The van der Waals surface area contributed by atoms with Crippen molar-refractivity contribution >= 4 is 37.3 Å². The monoisotopic (exact) mass is 460 g/mol. The number of aryl methyl sites for hydroxylation is 1. The summed E-state index contributed by atoms with van der Waals surface area (Å²) in [5, 5.41) is 0.818. The maximum Gasteiger partial charge on any atom is 0.394 e. The zero-order chi connectivity index (χ0) is 22.2. The molecule has 9 heteroatoms. The molecule has 1 heterocycles. The molecule has 0 radical (unpaired) electrons. The van der Waals surface area contributed by atoms with E-state index in [2.05, 4.69) is 20.5 Å². The molecule has 0 bridgehead atoms. The number of hydrogen-bond donors (Lipinski definition) is 1. The van der Waals surface area contributed by atoms with Crippen molar-refractivity contribution in [3.8, 4) is 16.3 Å². The van der Waals surface area contributed by atoms with Crippen molar-refractivity contribution in [2.45, 2.75) is 24.9 Å². The first-order valence-electron chi connectivity index (χ1n) is 9.27. The molecule has 4 rings (SSSR count). The Morgan fingerprint density at radius 3 is 2.45 bits per heavy atom. The molecule has 1 aromatic heterocycles. The van der Waals surface area contributed by atoms with E-state index < -0.39 is 21.9 Å². The largest absolute Gasteiger partial charge is 0.431 e. The molecule has 0 aliphatic carbocycles. The van der Waals surface area contributed by atoms with E-state index in [-0.39, 0.29) is 4.90 Å². The molecule has 160 valence electrons. The zero-order valence-electron chi connectivity index (χ0n) is 16.6. The first-order valence-corrected chi connectivity index (χ1v) is 11.6. The molecule has 0 atom stereocenters. The summed E-state index contributed by atoms with van der Waals surface area (Å²) in [6, 6.07) is 18.0. The summed E-state index contributed by atoms with van der Waals surface area (Å²) in [7, 11) is -4.14. The number of sulfonamides is 1. The number of halogens is 2. The molecular formula is C22H18F2N2O3S2. The van der Waals surface area contributed by atoms with Crippen molar-refractivity contribution in [3.63, 3.8) is 0 Å². The Morgan fingerprint density at radius 1 is 1.03 bits per heavy atom. The Morgan fingerprint density at radius 2 is 1.74 bits per heavy atom. The summed E-state index contributed by atoms with van der Waals surface area (Å²) in [4.78, 5) is 4.24. The van der Waals surface area contributed by atoms with Crippen LogP contribution in [0.15, 0.2) is 71.6 Å². The summed E-state index contributed by atoms with van der Waals surface area (Å²) in [6.07, 6.45) is -3.51. The Labute approximate surface area is 182 Å². The van der Waals surface area contributed by atoms with Gasteiger partial charge >= 0.3 is 6.11 Å². The summed E-state index contributed by atoms with van der Waals surface area (Å²) >= 11 is 1.55. The second-order valence-corrected chi connectivity index (χ2v) is 9.71. The third-order valence-electron chi connectivity index (χ3n) is 4.36. The van der Waals surface area contributed by atoms with E-state index in [4.69, 9.17) is 0 Å². The number of para-hydroxylation sites is 1.